The minimum Gasteiger partial charge on any atom is -0.450 e. The van der Waals surface area contributed by atoms with Crippen LogP contribution in [-0.4, -0.2) is 54.3 Å². The maximum atomic E-state index is 12.5. The van der Waals surface area contributed by atoms with Gasteiger partial charge in [0, 0.05) is 19.1 Å². The number of carbonyl (C=O) groups is 3. The lowest BCUT2D eigenvalue weighted by Crippen LogP contribution is -2.49. The Balaban J connectivity index is 1.51. The zero-order valence-corrected chi connectivity index (χ0v) is 17.2. The predicted molar refractivity (Wildman–Crippen MR) is 109 cm³/mol. The Bertz CT molecular complexity index is 872. The van der Waals surface area contributed by atoms with Crippen molar-refractivity contribution in [2.45, 2.75) is 25.8 Å². The van der Waals surface area contributed by atoms with Crippen LogP contribution in [-0.2, 0) is 9.53 Å². The number of ether oxygens (including phenoxy) is 1. The van der Waals surface area contributed by atoms with Crippen LogP contribution >= 0.6 is 23.2 Å². The van der Waals surface area contributed by atoms with E-state index in [0.29, 0.717) is 38.2 Å². The van der Waals surface area contributed by atoms with Crippen molar-refractivity contribution >= 4 is 46.8 Å². The number of nitrogens with one attached hydrogen (secondary N) is 2. The summed E-state index contributed by atoms with van der Waals surface area (Å²) in [5, 5.41) is 5.92. The Hall–Kier alpha value is -2.58. The molecule has 2 aliphatic rings. The quantitative estimate of drug-likeness (QED) is 0.737. The Morgan fingerprint density at radius 3 is 2.38 bits per heavy atom. The third-order valence-corrected chi connectivity index (χ3v) is 5.22. The van der Waals surface area contributed by atoms with Gasteiger partial charge in [-0.2, -0.15) is 0 Å². The van der Waals surface area contributed by atoms with E-state index in [4.69, 9.17) is 27.9 Å². The van der Waals surface area contributed by atoms with Crippen LogP contribution in [0.1, 0.15) is 30.1 Å². The molecule has 2 N–H and O–H groups in total. The molecule has 0 saturated carbocycles. The first-order valence-electron chi connectivity index (χ1n) is 9.17. The molecule has 154 valence electrons. The largest absolute Gasteiger partial charge is 0.450 e. The summed E-state index contributed by atoms with van der Waals surface area (Å²) in [6.07, 6.45) is 2.27. The normalized spacial score (nSPS) is 16.3. The van der Waals surface area contributed by atoms with E-state index in [9.17, 15) is 14.4 Å². The summed E-state index contributed by atoms with van der Waals surface area (Å²) < 4.78 is 4.98. The van der Waals surface area contributed by atoms with E-state index < -0.39 is 5.91 Å². The molecule has 1 aromatic rings. The van der Waals surface area contributed by atoms with Crippen molar-refractivity contribution in [3.63, 3.8) is 0 Å². The van der Waals surface area contributed by atoms with Crippen molar-refractivity contribution in [1.82, 2.24) is 15.5 Å². The molecule has 29 heavy (non-hydrogen) atoms. The van der Waals surface area contributed by atoms with Crippen LogP contribution in [0, 0.1) is 0 Å². The van der Waals surface area contributed by atoms with Crippen molar-refractivity contribution < 1.29 is 19.1 Å². The highest BCUT2D eigenvalue weighted by Gasteiger charge is 2.29. The second-order valence-corrected chi connectivity index (χ2v) is 7.32. The first-order valence-corrected chi connectivity index (χ1v) is 9.92. The molecule has 1 saturated heterocycles. The van der Waals surface area contributed by atoms with Crippen molar-refractivity contribution in [2.75, 3.05) is 19.7 Å². The molecule has 0 spiro atoms. The number of likely N-dealkylation sites (tertiary alicyclic amines) is 1. The molecule has 1 aromatic carbocycles. The van der Waals surface area contributed by atoms with E-state index in [-0.39, 0.29) is 39.4 Å². The number of nitrogens with zero attached hydrogens (tertiary/aromatic N) is 2. The molecule has 2 heterocycles. The minimum absolute atomic E-state index is 0.0913. The van der Waals surface area contributed by atoms with Crippen LogP contribution in [0.15, 0.2) is 35.1 Å². The van der Waals surface area contributed by atoms with Gasteiger partial charge in [-0.25, -0.2) is 9.79 Å². The molecule has 0 radical (unpaired) electrons. The van der Waals surface area contributed by atoms with Gasteiger partial charge in [0.25, 0.3) is 11.8 Å². The number of carbonyl (C=O) groups excluding carboxylic acids is 3. The number of halogens is 2. The molecule has 1 fully saturated rings. The maximum Gasteiger partial charge on any atom is 0.409 e. The van der Waals surface area contributed by atoms with Gasteiger partial charge in [0.05, 0.1) is 34.1 Å². The summed E-state index contributed by atoms with van der Waals surface area (Å²) in [6.45, 7) is 3.09. The van der Waals surface area contributed by atoms with Gasteiger partial charge >= 0.3 is 6.09 Å². The predicted octanol–water partition coefficient (Wildman–Crippen LogP) is 2.76. The summed E-state index contributed by atoms with van der Waals surface area (Å²) in [5.41, 5.74) is 0.566. The van der Waals surface area contributed by atoms with E-state index in [1.165, 1.54) is 6.20 Å². The smallest absolute Gasteiger partial charge is 0.409 e. The van der Waals surface area contributed by atoms with E-state index >= 15 is 0 Å². The van der Waals surface area contributed by atoms with Crippen LogP contribution in [0.3, 0.4) is 0 Å². The number of rotatable bonds is 5. The van der Waals surface area contributed by atoms with Gasteiger partial charge in [0.15, 0.2) is 5.71 Å². The molecule has 10 heteroatoms. The number of benzene rings is 1. The monoisotopic (exact) mass is 438 g/mol. The molecule has 3 rings (SSSR count). The number of hydrogen-bond donors (Lipinski definition) is 2. The summed E-state index contributed by atoms with van der Waals surface area (Å²) >= 11 is 12.1. The molecule has 0 aromatic heterocycles. The Kier molecular flexibility index (Phi) is 6.76. The highest BCUT2D eigenvalue weighted by Crippen LogP contribution is 2.24. The van der Waals surface area contributed by atoms with E-state index in [1.807, 2.05) is 0 Å². The standard InChI is InChI=1S/C19H20Cl2N4O4/c1-2-29-19(28)25-8-6-11(7-9-25)23-18(27)16-14(10-22-16)24-17(26)15-12(20)4-3-5-13(15)21/h3-5,10-11H,2,6-9H2,1H3,(H,23,27)(H,24,26). The van der Waals surface area contributed by atoms with Gasteiger partial charge in [0.1, 0.15) is 0 Å². The van der Waals surface area contributed by atoms with Crippen LogP contribution in [0.2, 0.25) is 10.0 Å². The molecule has 0 unspecified atom stereocenters. The summed E-state index contributed by atoms with van der Waals surface area (Å²) in [5.74, 6) is -0.905. The molecular weight excluding hydrogens is 419 g/mol. The lowest BCUT2D eigenvalue weighted by molar-refractivity contribution is -0.115. The van der Waals surface area contributed by atoms with Crippen molar-refractivity contribution in [3.05, 3.63) is 45.7 Å². The van der Waals surface area contributed by atoms with Crippen molar-refractivity contribution in [1.29, 1.82) is 0 Å². The van der Waals surface area contributed by atoms with E-state index in [0.717, 1.165) is 0 Å². The fourth-order valence-corrected chi connectivity index (χ4v) is 3.61. The van der Waals surface area contributed by atoms with Gasteiger partial charge in [-0.05, 0) is 31.9 Å². The zero-order chi connectivity index (χ0) is 21.0. The van der Waals surface area contributed by atoms with Crippen LogP contribution in [0.25, 0.3) is 0 Å². The SMILES string of the molecule is CCOC(=O)N1CCC(NC(=O)C2=NC=C2NC(=O)c2c(Cl)cccc2Cl)CC1. The van der Waals surface area contributed by atoms with Gasteiger partial charge in [-0.3, -0.25) is 9.59 Å². The average Bonchev–Trinajstić information content (AvgIpc) is 2.66. The number of piperidine rings is 1. The second-order valence-electron chi connectivity index (χ2n) is 6.50. The Morgan fingerprint density at radius 1 is 1.17 bits per heavy atom. The third kappa shape index (κ3) is 4.89. The minimum atomic E-state index is -0.519. The fourth-order valence-electron chi connectivity index (χ4n) is 3.04. The molecule has 8 nitrogen and oxygen atoms in total. The first-order chi connectivity index (χ1) is 13.9. The highest BCUT2D eigenvalue weighted by atomic mass is 35.5. The molecular formula is C19H20Cl2N4O4. The van der Waals surface area contributed by atoms with E-state index in [1.54, 1.807) is 30.0 Å². The van der Waals surface area contributed by atoms with Gasteiger partial charge in [-0.1, -0.05) is 29.3 Å². The fraction of sp³-hybridized carbons (Fsp3) is 0.368. The second kappa shape index (κ2) is 9.28. The highest BCUT2D eigenvalue weighted by molar-refractivity contribution is 6.48. The van der Waals surface area contributed by atoms with Crippen LogP contribution in [0.5, 0.6) is 0 Å². The Morgan fingerprint density at radius 2 is 1.83 bits per heavy atom. The zero-order valence-electron chi connectivity index (χ0n) is 15.7. The molecule has 2 aliphatic heterocycles. The average molecular weight is 439 g/mol. The summed E-state index contributed by atoms with van der Waals surface area (Å²) in [7, 11) is 0. The number of hydrogen-bond acceptors (Lipinski definition) is 5. The first kappa shape index (κ1) is 21.1. The van der Waals surface area contributed by atoms with E-state index in [2.05, 4.69) is 15.6 Å². The number of aliphatic imine (C=N–C) groups is 1. The molecule has 0 atom stereocenters. The number of amides is 3. The summed E-state index contributed by atoms with van der Waals surface area (Å²) in [6, 6.07) is 4.66. The van der Waals surface area contributed by atoms with Crippen molar-refractivity contribution in [2.24, 2.45) is 4.99 Å². The Labute approximate surface area is 177 Å². The van der Waals surface area contributed by atoms with Gasteiger partial charge in [0.2, 0.25) is 0 Å². The van der Waals surface area contributed by atoms with Gasteiger partial charge in [-0.15, -0.1) is 0 Å². The van der Waals surface area contributed by atoms with Gasteiger partial charge < -0.3 is 20.3 Å². The lowest BCUT2D eigenvalue weighted by Gasteiger charge is -2.32. The van der Waals surface area contributed by atoms with Crippen LogP contribution < -0.4 is 10.6 Å². The van der Waals surface area contributed by atoms with Crippen LogP contribution in [0.4, 0.5) is 4.79 Å². The lowest BCUT2D eigenvalue weighted by atomic mass is 10.0. The molecule has 0 bridgehead atoms. The molecule has 0 aliphatic carbocycles. The maximum absolute atomic E-state index is 12.5. The van der Waals surface area contributed by atoms with Crippen molar-refractivity contribution in [3.8, 4) is 0 Å². The molecule has 3 amide bonds. The topological polar surface area (TPSA) is 100 Å². The third-order valence-electron chi connectivity index (χ3n) is 4.59. The summed E-state index contributed by atoms with van der Waals surface area (Å²) in [4.78, 5) is 42.2.